The summed E-state index contributed by atoms with van der Waals surface area (Å²) in [5.74, 6) is -0.406. The molecule has 5 heteroatoms. The summed E-state index contributed by atoms with van der Waals surface area (Å²) in [5.41, 5.74) is 6.91. The number of anilines is 3. The van der Waals surface area contributed by atoms with E-state index < -0.39 is 5.82 Å². The van der Waals surface area contributed by atoms with Gasteiger partial charge in [-0.25, -0.2) is 4.39 Å². The lowest BCUT2D eigenvalue weighted by Gasteiger charge is -2.10. The van der Waals surface area contributed by atoms with Crippen LogP contribution in [0.15, 0.2) is 40.9 Å². The van der Waals surface area contributed by atoms with Crippen molar-refractivity contribution < 1.29 is 4.39 Å². The number of nitrogens with two attached hydrogens (primary N) is 1. The van der Waals surface area contributed by atoms with Crippen LogP contribution in [0.2, 0.25) is 5.02 Å². The van der Waals surface area contributed by atoms with Gasteiger partial charge in [-0.2, -0.15) is 0 Å². The van der Waals surface area contributed by atoms with Crippen LogP contribution >= 0.6 is 27.5 Å². The highest BCUT2D eigenvalue weighted by Gasteiger charge is 2.05. The number of hydrogen-bond acceptors (Lipinski definition) is 2. The summed E-state index contributed by atoms with van der Waals surface area (Å²) in [7, 11) is 0. The molecular weight excluding hydrogens is 307 g/mol. The van der Waals surface area contributed by atoms with E-state index in [1.54, 1.807) is 30.3 Å². The Labute approximate surface area is 112 Å². The van der Waals surface area contributed by atoms with Crippen molar-refractivity contribution in [3.63, 3.8) is 0 Å². The normalized spacial score (nSPS) is 10.3. The van der Waals surface area contributed by atoms with Crippen LogP contribution in [0, 0.1) is 5.82 Å². The molecule has 0 aromatic heterocycles. The fourth-order valence-electron chi connectivity index (χ4n) is 1.37. The lowest BCUT2D eigenvalue weighted by molar-refractivity contribution is 0.632. The summed E-state index contributed by atoms with van der Waals surface area (Å²) in [6.45, 7) is 0. The summed E-state index contributed by atoms with van der Waals surface area (Å²) in [6.07, 6.45) is 0. The molecule has 0 fully saturated rings. The summed E-state index contributed by atoms with van der Waals surface area (Å²) >= 11 is 9.23. The van der Waals surface area contributed by atoms with E-state index in [2.05, 4.69) is 21.2 Å². The Morgan fingerprint density at radius 2 is 1.88 bits per heavy atom. The average molecular weight is 316 g/mol. The summed E-state index contributed by atoms with van der Waals surface area (Å²) in [4.78, 5) is 0. The second kappa shape index (κ2) is 4.94. The first-order valence-electron chi connectivity index (χ1n) is 4.83. The molecule has 0 aliphatic carbocycles. The standard InChI is InChI=1S/C12H9BrClFN2/c13-9-3-1-7(14)5-12(9)17-11-4-2-8(16)6-10(11)15/h1-6,17H,16H2. The largest absolute Gasteiger partial charge is 0.399 e. The third kappa shape index (κ3) is 2.90. The van der Waals surface area contributed by atoms with Crippen molar-refractivity contribution in [1.29, 1.82) is 0 Å². The van der Waals surface area contributed by atoms with Crippen LogP contribution in [0.1, 0.15) is 0 Å². The van der Waals surface area contributed by atoms with Crippen molar-refractivity contribution >= 4 is 44.6 Å². The Kier molecular flexibility index (Phi) is 3.54. The predicted molar refractivity (Wildman–Crippen MR) is 73.2 cm³/mol. The molecular formula is C12H9BrClFN2. The SMILES string of the molecule is Nc1ccc(Nc2cc(Cl)ccc2Br)c(F)c1. The van der Waals surface area contributed by atoms with Crippen LogP contribution in [-0.4, -0.2) is 0 Å². The van der Waals surface area contributed by atoms with Gasteiger partial charge >= 0.3 is 0 Å². The molecule has 2 nitrogen and oxygen atoms in total. The molecule has 2 rings (SSSR count). The van der Waals surface area contributed by atoms with E-state index in [0.29, 0.717) is 22.1 Å². The smallest absolute Gasteiger partial charge is 0.148 e. The number of hydrogen-bond donors (Lipinski definition) is 2. The Balaban J connectivity index is 2.34. The maximum atomic E-state index is 13.6. The second-order valence-corrected chi connectivity index (χ2v) is 4.78. The molecule has 0 heterocycles. The van der Waals surface area contributed by atoms with Gasteiger partial charge in [0.15, 0.2) is 0 Å². The van der Waals surface area contributed by atoms with E-state index in [-0.39, 0.29) is 0 Å². The van der Waals surface area contributed by atoms with Crippen molar-refractivity contribution in [2.24, 2.45) is 0 Å². The van der Waals surface area contributed by atoms with Gasteiger partial charge in [0.1, 0.15) is 5.82 Å². The zero-order chi connectivity index (χ0) is 12.4. The number of benzene rings is 2. The van der Waals surface area contributed by atoms with Crippen LogP contribution in [0.5, 0.6) is 0 Å². The van der Waals surface area contributed by atoms with E-state index in [1.807, 2.05) is 0 Å². The number of nitrogens with one attached hydrogen (secondary N) is 1. The van der Waals surface area contributed by atoms with E-state index in [4.69, 9.17) is 17.3 Å². The Hall–Kier alpha value is -1.26. The molecule has 2 aromatic rings. The van der Waals surface area contributed by atoms with Gasteiger partial charge in [0.05, 0.1) is 11.4 Å². The van der Waals surface area contributed by atoms with E-state index in [9.17, 15) is 4.39 Å². The summed E-state index contributed by atoms with van der Waals surface area (Å²) < 4.78 is 14.4. The molecule has 0 bridgehead atoms. The number of nitrogen functional groups attached to an aromatic ring is 1. The molecule has 17 heavy (non-hydrogen) atoms. The van der Waals surface area contributed by atoms with Gasteiger partial charge in [-0.05, 0) is 52.3 Å². The molecule has 0 saturated carbocycles. The third-order valence-corrected chi connectivity index (χ3v) is 3.12. The van der Waals surface area contributed by atoms with Gasteiger partial charge in [-0.3, -0.25) is 0 Å². The van der Waals surface area contributed by atoms with Crippen molar-refractivity contribution in [3.05, 3.63) is 51.7 Å². The van der Waals surface area contributed by atoms with Crippen molar-refractivity contribution in [1.82, 2.24) is 0 Å². The zero-order valence-electron chi connectivity index (χ0n) is 8.68. The Morgan fingerprint density at radius 1 is 1.12 bits per heavy atom. The van der Waals surface area contributed by atoms with Crippen LogP contribution in [0.4, 0.5) is 21.5 Å². The van der Waals surface area contributed by atoms with Gasteiger partial charge in [0.25, 0.3) is 0 Å². The van der Waals surface area contributed by atoms with Gasteiger partial charge in [-0.1, -0.05) is 11.6 Å². The first kappa shape index (κ1) is 12.2. The third-order valence-electron chi connectivity index (χ3n) is 2.19. The van der Waals surface area contributed by atoms with E-state index >= 15 is 0 Å². The highest BCUT2D eigenvalue weighted by atomic mass is 79.9. The first-order valence-corrected chi connectivity index (χ1v) is 6.00. The van der Waals surface area contributed by atoms with Crippen LogP contribution < -0.4 is 11.1 Å². The maximum Gasteiger partial charge on any atom is 0.148 e. The summed E-state index contributed by atoms with van der Waals surface area (Å²) in [6, 6.07) is 9.72. The molecule has 0 spiro atoms. The summed E-state index contributed by atoms with van der Waals surface area (Å²) in [5, 5.41) is 3.52. The van der Waals surface area contributed by atoms with E-state index in [1.165, 1.54) is 6.07 Å². The fourth-order valence-corrected chi connectivity index (χ4v) is 1.89. The van der Waals surface area contributed by atoms with Crippen molar-refractivity contribution in [2.45, 2.75) is 0 Å². The molecule has 3 N–H and O–H groups in total. The lowest BCUT2D eigenvalue weighted by atomic mass is 10.2. The first-order chi connectivity index (χ1) is 8.06. The highest BCUT2D eigenvalue weighted by Crippen LogP contribution is 2.30. The van der Waals surface area contributed by atoms with Gasteiger partial charge < -0.3 is 11.1 Å². The lowest BCUT2D eigenvalue weighted by Crippen LogP contribution is -1.96. The maximum absolute atomic E-state index is 13.6. The van der Waals surface area contributed by atoms with E-state index in [0.717, 1.165) is 4.47 Å². The molecule has 0 amide bonds. The minimum Gasteiger partial charge on any atom is -0.399 e. The van der Waals surface area contributed by atoms with Crippen molar-refractivity contribution in [3.8, 4) is 0 Å². The molecule has 2 aromatic carbocycles. The molecule has 0 radical (unpaired) electrons. The number of rotatable bonds is 2. The molecule has 0 aliphatic rings. The van der Waals surface area contributed by atoms with Gasteiger partial charge in [-0.15, -0.1) is 0 Å². The topological polar surface area (TPSA) is 38.0 Å². The van der Waals surface area contributed by atoms with Crippen LogP contribution in [-0.2, 0) is 0 Å². The number of halogens is 3. The van der Waals surface area contributed by atoms with Gasteiger partial charge in [0, 0.05) is 15.2 Å². The Morgan fingerprint density at radius 3 is 2.59 bits per heavy atom. The Bertz CT molecular complexity index is 560. The minimum atomic E-state index is -0.406. The molecule has 0 saturated heterocycles. The van der Waals surface area contributed by atoms with Crippen LogP contribution in [0.25, 0.3) is 0 Å². The van der Waals surface area contributed by atoms with Crippen LogP contribution in [0.3, 0.4) is 0 Å². The highest BCUT2D eigenvalue weighted by molar-refractivity contribution is 9.10. The molecule has 88 valence electrons. The molecule has 0 atom stereocenters. The second-order valence-electron chi connectivity index (χ2n) is 3.49. The van der Waals surface area contributed by atoms with Crippen molar-refractivity contribution in [2.75, 3.05) is 11.1 Å². The fraction of sp³-hybridized carbons (Fsp3) is 0. The minimum absolute atomic E-state index is 0.349. The predicted octanol–water partition coefficient (Wildman–Crippen LogP) is 4.57. The quantitative estimate of drug-likeness (QED) is 0.797. The average Bonchev–Trinajstić information content (AvgIpc) is 2.27. The van der Waals surface area contributed by atoms with Gasteiger partial charge in [0.2, 0.25) is 0 Å². The molecule has 0 unspecified atom stereocenters. The monoisotopic (exact) mass is 314 g/mol. The zero-order valence-corrected chi connectivity index (χ0v) is 11.0. The molecule has 0 aliphatic heterocycles.